The third kappa shape index (κ3) is 10.8. The van der Waals surface area contributed by atoms with E-state index in [1.807, 2.05) is 60.9 Å². The van der Waals surface area contributed by atoms with E-state index in [2.05, 4.69) is 23.8 Å². The van der Waals surface area contributed by atoms with Crippen LogP contribution in [0, 0.1) is 0 Å². The fourth-order valence-electron chi connectivity index (χ4n) is 4.38. The van der Waals surface area contributed by atoms with Gasteiger partial charge in [0.1, 0.15) is 24.3 Å². The van der Waals surface area contributed by atoms with Gasteiger partial charge in [-0.2, -0.15) is 0 Å². The summed E-state index contributed by atoms with van der Waals surface area (Å²) in [5.74, 6) is 2.21. The van der Waals surface area contributed by atoms with Gasteiger partial charge in [-0.3, -0.25) is 0 Å². The van der Waals surface area contributed by atoms with Crippen molar-refractivity contribution in [3.05, 3.63) is 60.9 Å². The number of hydrogen-bond acceptors (Lipinski definition) is 4. The molecule has 1 unspecified atom stereocenters. The molecule has 3 aromatic rings. The summed E-state index contributed by atoms with van der Waals surface area (Å²) in [6.07, 6.45) is 16.5. The second kappa shape index (κ2) is 17.5. The Bertz CT molecular complexity index is 1010. The van der Waals surface area contributed by atoms with Crippen LogP contribution in [0.25, 0.3) is 22.5 Å². The summed E-state index contributed by atoms with van der Waals surface area (Å²) in [7, 11) is 0. The van der Waals surface area contributed by atoms with Gasteiger partial charge in [0.15, 0.2) is 5.82 Å². The van der Waals surface area contributed by atoms with E-state index >= 15 is 0 Å². The van der Waals surface area contributed by atoms with E-state index < -0.39 is 6.17 Å². The van der Waals surface area contributed by atoms with Crippen molar-refractivity contribution in [2.75, 3.05) is 13.2 Å². The molecule has 0 saturated heterocycles. The Morgan fingerprint density at radius 3 is 1.76 bits per heavy atom. The lowest BCUT2D eigenvalue weighted by Crippen LogP contribution is -2.12. The maximum atomic E-state index is 14.2. The molecule has 0 aliphatic heterocycles. The molecular formula is C33H45FN2O2. The molecule has 4 nitrogen and oxygen atoms in total. The minimum atomic E-state index is -0.924. The minimum Gasteiger partial charge on any atom is -0.494 e. The Hall–Kier alpha value is -2.95. The van der Waals surface area contributed by atoms with Crippen LogP contribution < -0.4 is 9.47 Å². The van der Waals surface area contributed by atoms with Gasteiger partial charge in [-0.25, -0.2) is 14.4 Å². The van der Waals surface area contributed by atoms with Crippen molar-refractivity contribution in [1.82, 2.24) is 9.97 Å². The van der Waals surface area contributed by atoms with Gasteiger partial charge >= 0.3 is 0 Å². The number of rotatable bonds is 19. The first kappa shape index (κ1) is 29.6. The van der Waals surface area contributed by atoms with Gasteiger partial charge in [-0.05, 0) is 54.8 Å². The molecule has 1 heterocycles. The monoisotopic (exact) mass is 520 g/mol. The molecule has 1 atom stereocenters. The number of benzene rings is 2. The van der Waals surface area contributed by atoms with Crippen LogP contribution in [0.4, 0.5) is 4.39 Å². The van der Waals surface area contributed by atoms with E-state index in [0.717, 1.165) is 48.3 Å². The molecule has 38 heavy (non-hydrogen) atoms. The molecule has 0 saturated carbocycles. The van der Waals surface area contributed by atoms with Crippen LogP contribution in [0.3, 0.4) is 0 Å². The van der Waals surface area contributed by atoms with Gasteiger partial charge in [0.2, 0.25) is 0 Å². The van der Waals surface area contributed by atoms with Crippen LogP contribution in [0.5, 0.6) is 11.5 Å². The first-order chi connectivity index (χ1) is 18.7. The second-order valence-electron chi connectivity index (χ2n) is 10.1. The molecule has 206 valence electrons. The highest BCUT2D eigenvalue weighted by Gasteiger charge is 2.09. The number of unbranched alkanes of at least 4 members (excludes halogenated alkanes) is 9. The molecule has 1 aromatic heterocycles. The van der Waals surface area contributed by atoms with E-state index in [-0.39, 0.29) is 6.61 Å². The minimum absolute atomic E-state index is 0.100. The van der Waals surface area contributed by atoms with Gasteiger partial charge in [0.05, 0.1) is 6.61 Å². The smallest absolute Gasteiger partial charge is 0.159 e. The first-order valence-electron chi connectivity index (χ1n) is 14.6. The maximum absolute atomic E-state index is 14.2. The lowest BCUT2D eigenvalue weighted by molar-refractivity contribution is 0.184. The average Bonchev–Trinajstić information content (AvgIpc) is 2.96. The Morgan fingerprint density at radius 2 is 1.13 bits per heavy atom. The Balaban J connectivity index is 1.40. The van der Waals surface area contributed by atoms with Crippen molar-refractivity contribution >= 4 is 0 Å². The fourth-order valence-corrected chi connectivity index (χ4v) is 4.38. The normalized spacial score (nSPS) is 11.9. The van der Waals surface area contributed by atoms with E-state index in [0.29, 0.717) is 18.0 Å². The number of alkyl halides is 1. The number of aromatic nitrogens is 2. The highest BCUT2D eigenvalue weighted by Crippen LogP contribution is 2.24. The summed E-state index contributed by atoms with van der Waals surface area (Å²) in [6, 6.07) is 15.6. The molecule has 2 aromatic carbocycles. The van der Waals surface area contributed by atoms with Gasteiger partial charge in [0, 0.05) is 23.5 Å². The third-order valence-electron chi connectivity index (χ3n) is 6.77. The van der Waals surface area contributed by atoms with Crippen molar-refractivity contribution in [3.63, 3.8) is 0 Å². The van der Waals surface area contributed by atoms with Crippen LogP contribution in [0.1, 0.15) is 90.9 Å². The molecule has 0 fully saturated rings. The molecule has 0 amide bonds. The van der Waals surface area contributed by atoms with Crippen LogP contribution in [-0.4, -0.2) is 29.4 Å². The summed E-state index contributed by atoms with van der Waals surface area (Å²) in [6.45, 7) is 5.29. The summed E-state index contributed by atoms with van der Waals surface area (Å²) in [5, 5.41) is 0. The van der Waals surface area contributed by atoms with Crippen molar-refractivity contribution in [1.29, 1.82) is 0 Å². The number of halogens is 1. The molecule has 0 aliphatic rings. The quantitative estimate of drug-likeness (QED) is 0.148. The zero-order chi connectivity index (χ0) is 26.8. The Labute approximate surface area is 229 Å². The van der Waals surface area contributed by atoms with Gasteiger partial charge in [-0.1, -0.05) is 90.2 Å². The standard InChI is InChI=1S/C33H45FN2O2/c1-3-5-7-9-10-11-12-14-30(34)26-38-32-21-17-28(18-22-32)33-35-24-29(25-36-33)27-15-19-31(20-16-27)37-23-13-8-6-4-2/h15-22,24-25,30H,3-14,23,26H2,1-2H3. The van der Waals surface area contributed by atoms with Crippen molar-refractivity contribution in [3.8, 4) is 34.0 Å². The van der Waals surface area contributed by atoms with E-state index in [9.17, 15) is 4.39 Å². The zero-order valence-corrected chi connectivity index (χ0v) is 23.3. The predicted octanol–water partition coefficient (Wildman–Crippen LogP) is 9.63. The molecule has 0 radical (unpaired) electrons. The SMILES string of the molecule is CCCCCCCCCC(F)COc1ccc(-c2ncc(-c3ccc(OCCCCCC)cc3)cn2)cc1. The third-order valence-corrected chi connectivity index (χ3v) is 6.77. The Kier molecular flexibility index (Phi) is 13.7. The molecule has 5 heteroatoms. The summed E-state index contributed by atoms with van der Waals surface area (Å²) in [4.78, 5) is 9.10. The van der Waals surface area contributed by atoms with Crippen molar-refractivity contribution < 1.29 is 13.9 Å². The fraction of sp³-hybridized carbons (Fsp3) is 0.515. The highest BCUT2D eigenvalue weighted by molar-refractivity contribution is 5.64. The van der Waals surface area contributed by atoms with E-state index in [1.54, 1.807) is 0 Å². The second-order valence-corrected chi connectivity index (χ2v) is 10.1. The summed E-state index contributed by atoms with van der Waals surface area (Å²) in [5.41, 5.74) is 2.91. The van der Waals surface area contributed by atoms with Gasteiger partial charge in [-0.15, -0.1) is 0 Å². The van der Waals surface area contributed by atoms with Crippen molar-refractivity contribution in [2.24, 2.45) is 0 Å². The maximum Gasteiger partial charge on any atom is 0.159 e. The van der Waals surface area contributed by atoms with E-state index in [4.69, 9.17) is 9.47 Å². The Morgan fingerprint density at radius 1 is 0.605 bits per heavy atom. The topological polar surface area (TPSA) is 44.2 Å². The average molecular weight is 521 g/mol. The van der Waals surface area contributed by atoms with Gasteiger partial charge in [0.25, 0.3) is 0 Å². The summed E-state index contributed by atoms with van der Waals surface area (Å²) >= 11 is 0. The molecule has 0 aliphatic carbocycles. The molecule has 0 bridgehead atoms. The van der Waals surface area contributed by atoms with E-state index in [1.165, 1.54) is 51.4 Å². The largest absolute Gasteiger partial charge is 0.494 e. The van der Waals surface area contributed by atoms with Crippen LogP contribution >= 0.6 is 0 Å². The zero-order valence-electron chi connectivity index (χ0n) is 23.3. The predicted molar refractivity (Wildman–Crippen MR) is 156 cm³/mol. The highest BCUT2D eigenvalue weighted by atomic mass is 19.1. The molecular weight excluding hydrogens is 475 g/mol. The molecule has 0 N–H and O–H groups in total. The first-order valence-corrected chi connectivity index (χ1v) is 14.6. The lowest BCUT2D eigenvalue weighted by atomic mass is 10.1. The van der Waals surface area contributed by atoms with Crippen LogP contribution in [-0.2, 0) is 0 Å². The molecule has 3 rings (SSSR count). The summed E-state index contributed by atoms with van der Waals surface area (Å²) < 4.78 is 25.7. The number of hydrogen-bond donors (Lipinski definition) is 0. The van der Waals surface area contributed by atoms with Crippen LogP contribution in [0.2, 0.25) is 0 Å². The number of ether oxygens (including phenoxy) is 2. The van der Waals surface area contributed by atoms with Crippen molar-refractivity contribution in [2.45, 2.75) is 97.1 Å². The van der Waals surface area contributed by atoms with Gasteiger partial charge < -0.3 is 9.47 Å². The van der Waals surface area contributed by atoms with Crippen LogP contribution in [0.15, 0.2) is 60.9 Å². The molecule has 0 spiro atoms. The lowest BCUT2D eigenvalue weighted by Gasteiger charge is -2.11. The number of nitrogens with zero attached hydrogens (tertiary/aromatic N) is 2.